The number of aromatic hydroxyl groups is 1. The van der Waals surface area contributed by atoms with Gasteiger partial charge in [0, 0.05) is 28.0 Å². The Bertz CT molecular complexity index is 976. The summed E-state index contributed by atoms with van der Waals surface area (Å²) in [7, 11) is -1.05. The van der Waals surface area contributed by atoms with Crippen LogP contribution in [0, 0.1) is 0 Å². The molecule has 0 radical (unpaired) electrons. The molecule has 0 saturated carbocycles. The van der Waals surface area contributed by atoms with Crippen LogP contribution < -0.4 is 5.73 Å². The Morgan fingerprint density at radius 1 is 1.32 bits per heavy atom. The lowest BCUT2D eigenvalue weighted by atomic mass is 10.1. The van der Waals surface area contributed by atoms with Crippen molar-refractivity contribution < 1.29 is 14.4 Å². The topological polar surface area (TPSA) is 114 Å². The van der Waals surface area contributed by atoms with Gasteiger partial charge in [-0.1, -0.05) is 6.92 Å². The molecular formula is C17H22N4O3S. The molecule has 7 nitrogen and oxygen atoms in total. The number of pyridine rings is 1. The van der Waals surface area contributed by atoms with Gasteiger partial charge in [-0.2, -0.15) is 0 Å². The number of phenols is 1. The fourth-order valence-electron chi connectivity index (χ4n) is 2.86. The standard InChI is InChI=1S/C17H22N4O3S/c1-4-25(24)8-13-20-14-15(21(13)9-17(2,3)23)11-6-5-10(22)7-12(11)19-16(14)18/h5-7,22-23H,4,8-9H2,1-3H3,(H2,18,19). The molecule has 0 aliphatic carbocycles. The summed E-state index contributed by atoms with van der Waals surface area (Å²) in [6.07, 6.45) is 0. The lowest BCUT2D eigenvalue weighted by Crippen LogP contribution is -2.27. The van der Waals surface area contributed by atoms with E-state index >= 15 is 0 Å². The fraction of sp³-hybridized carbons (Fsp3) is 0.412. The van der Waals surface area contributed by atoms with Crippen molar-refractivity contribution in [3.8, 4) is 5.75 Å². The maximum Gasteiger partial charge on any atom is 0.152 e. The molecule has 1 aromatic carbocycles. The molecule has 0 amide bonds. The van der Waals surface area contributed by atoms with Crippen LogP contribution in [0.1, 0.15) is 26.6 Å². The lowest BCUT2D eigenvalue weighted by Gasteiger charge is -2.20. The summed E-state index contributed by atoms with van der Waals surface area (Å²) in [6, 6.07) is 4.87. The van der Waals surface area contributed by atoms with E-state index in [1.54, 1.807) is 26.0 Å². The summed E-state index contributed by atoms with van der Waals surface area (Å²) in [5.74, 6) is 1.74. The zero-order chi connectivity index (χ0) is 18.4. The second-order valence-corrected chi connectivity index (χ2v) is 8.44. The molecule has 3 aromatic rings. The Morgan fingerprint density at radius 2 is 2.04 bits per heavy atom. The molecular weight excluding hydrogens is 340 g/mol. The number of nitrogens with two attached hydrogens (primary N) is 1. The van der Waals surface area contributed by atoms with Gasteiger partial charge in [0.15, 0.2) is 5.82 Å². The predicted molar refractivity (Wildman–Crippen MR) is 99.8 cm³/mol. The highest BCUT2D eigenvalue weighted by Gasteiger charge is 2.23. The zero-order valence-electron chi connectivity index (χ0n) is 14.5. The Kier molecular flexibility index (Phi) is 4.42. The second-order valence-electron chi connectivity index (χ2n) is 6.70. The van der Waals surface area contributed by atoms with Gasteiger partial charge in [-0.25, -0.2) is 9.97 Å². The van der Waals surface area contributed by atoms with Gasteiger partial charge >= 0.3 is 0 Å². The summed E-state index contributed by atoms with van der Waals surface area (Å²) in [5, 5.41) is 20.8. The van der Waals surface area contributed by atoms with E-state index in [0.717, 1.165) is 10.9 Å². The first kappa shape index (κ1) is 17.6. The maximum absolute atomic E-state index is 12.1. The summed E-state index contributed by atoms with van der Waals surface area (Å²) in [4.78, 5) is 8.88. The lowest BCUT2D eigenvalue weighted by molar-refractivity contribution is 0.0620. The van der Waals surface area contributed by atoms with Crippen LogP contribution in [0.15, 0.2) is 18.2 Å². The molecule has 0 bridgehead atoms. The molecule has 1 unspecified atom stereocenters. The number of phenolic OH excluding ortho intramolecular Hbond substituents is 1. The number of aliphatic hydroxyl groups is 1. The minimum atomic E-state index is -1.05. The van der Waals surface area contributed by atoms with E-state index in [-0.39, 0.29) is 23.9 Å². The number of rotatable bonds is 5. The molecule has 2 aromatic heterocycles. The first-order valence-corrected chi connectivity index (χ1v) is 9.53. The van der Waals surface area contributed by atoms with E-state index in [9.17, 15) is 14.4 Å². The minimum absolute atomic E-state index is 0.0969. The Hall–Kier alpha value is -2.19. The average Bonchev–Trinajstić information content (AvgIpc) is 2.84. The quantitative estimate of drug-likeness (QED) is 0.639. The van der Waals surface area contributed by atoms with E-state index in [0.29, 0.717) is 22.6 Å². The number of anilines is 1. The molecule has 134 valence electrons. The van der Waals surface area contributed by atoms with Crippen LogP contribution in [0.5, 0.6) is 5.75 Å². The highest BCUT2D eigenvalue weighted by molar-refractivity contribution is 7.84. The Balaban J connectivity index is 2.36. The van der Waals surface area contributed by atoms with Crippen LogP contribution in [0.3, 0.4) is 0 Å². The van der Waals surface area contributed by atoms with E-state index in [4.69, 9.17) is 5.73 Å². The van der Waals surface area contributed by atoms with Crippen molar-refractivity contribution in [3.63, 3.8) is 0 Å². The van der Waals surface area contributed by atoms with E-state index in [1.807, 2.05) is 11.5 Å². The summed E-state index contributed by atoms with van der Waals surface area (Å²) >= 11 is 0. The van der Waals surface area contributed by atoms with Crippen LogP contribution in [-0.4, -0.2) is 40.3 Å². The monoisotopic (exact) mass is 362 g/mol. The summed E-state index contributed by atoms with van der Waals surface area (Å²) in [5.41, 5.74) is 6.88. The molecule has 0 aliphatic rings. The second kappa shape index (κ2) is 6.27. The number of hydrogen-bond donors (Lipinski definition) is 3. The highest BCUT2D eigenvalue weighted by Crippen LogP contribution is 2.31. The zero-order valence-corrected chi connectivity index (χ0v) is 15.3. The van der Waals surface area contributed by atoms with E-state index in [2.05, 4.69) is 9.97 Å². The number of hydrogen-bond acceptors (Lipinski definition) is 6. The Morgan fingerprint density at radius 3 is 2.68 bits per heavy atom. The van der Waals surface area contributed by atoms with Gasteiger partial charge in [0.2, 0.25) is 0 Å². The number of fused-ring (bicyclic) bond motifs is 3. The summed E-state index contributed by atoms with van der Waals surface area (Å²) in [6.45, 7) is 5.54. The average molecular weight is 362 g/mol. The van der Waals surface area contributed by atoms with Gasteiger partial charge in [0.1, 0.15) is 17.1 Å². The van der Waals surface area contributed by atoms with Crippen LogP contribution >= 0.6 is 0 Å². The third kappa shape index (κ3) is 3.45. The van der Waals surface area contributed by atoms with Crippen molar-refractivity contribution in [2.24, 2.45) is 0 Å². The van der Waals surface area contributed by atoms with Crippen LogP contribution in [-0.2, 0) is 23.1 Å². The molecule has 1 atom stereocenters. The fourth-order valence-corrected chi connectivity index (χ4v) is 3.57. The van der Waals surface area contributed by atoms with Crippen LogP contribution in [0.4, 0.5) is 5.82 Å². The Labute approximate surface area is 148 Å². The van der Waals surface area contributed by atoms with Crippen molar-refractivity contribution in [1.82, 2.24) is 14.5 Å². The molecule has 0 saturated heterocycles. The SMILES string of the molecule is CCS(=O)Cc1nc2c(N)nc3cc(O)ccc3c2n1CC(C)(C)O. The molecule has 8 heteroatoms. The third-order valence-electron chi connectivity index (χ3n) is 3.92. The van der Waals surface area contributed by atoms with E-state index < -0.39 is 16.4 Å². The normalized spacial score (nSPS) is 13.6. The highest BCUT2D eigenvalue weighted by atomic mass is 32.2. The number of nitrogen functional groups attached to an aromatic ring is 1. The van der Waals surface area contributed by atoms with Gasteiger partial charge in [0.05, 0.1) is 28.9 Å². The van der Waals surface area contributed by atoms with Crippen LogP contribution in [0.25, 0.3) is 21.9 Å². The molecule has 3 rings (SSSR count). The van der Waals surface area contributed by atoms with Crippen molar-refractivity contribution in [1.29, 1.82) is 0 Å². The molecule has 0 aliphatic heterocycles. The number of aromatic nitrogens is 3. The maximum atomic E-state index is 12.1. The number of nitrogens with zero attached hydrogens (tertiary/aromatic N) is 3. The van der Waals surface area contributed by atoms with Crippen molar-refractivity contribution in [2.75, 3.05) is 11.5 Å². The van der Waals surface area contributed by atoms with Crippen LogP contribution in [0.2, 0.25) is 0 Å². The molecule has 4 N–H and O–H groups in total. The van der Waals surface area contributed by atoms with Gasteiger partial charge in [0.25, 0.3) is 0 Å². The first-order valence-electron chi connectivity index (χ1n) is 8.04. The summed E-state index contributed by atoms with van der Waals surface area (Å²) < 4.78 is 13.9. The number of benzene rings is 1. The largest absolute Gasteiger partial charge is 0.508 e. The minimum Gasteiger partial charge on any atom is -0.508 e. The van der Waals surface area contributed by atoms with Crippen molar-refractivity contribution in [3.05, 3.63) is 24.0 Å². The smallest absolute Gasteiger partial charge is 0.152 e. The molecule has 25 heavy (non-hydrogen) atoms. The predicted octanol–water partition coefficient (Wildman–Crippen LogP) is 1.91. The van der Waals surface area contributed by atoms with Crippen molar-refractivity contribution in [2.45, 2.75) is 38.7 Å². The van der Waals surface area contributed by atoms with Crippen molar-refractivity contribution >= 4 is 38.6 Å². The van der Waals surface area contributed by atoms with E-state index in [1.165, 1.54) is 6.07 Å². The first-order chi connectivity index (χ1) is 11.7. The molecule has 0 spiro atoms. The van der Waals surface area contributed by atoms with Gasteiger partial charge in [-0.05, 0) is 26.0 Å². The number of imidazole rings is 1. The van der Waals surface area contributed by atoms with Gasteiger partial charge in [-0.3, -0.25) is 4.21 Å². The van der Waals surface area contributed by atoms with Gasteiger partial charge < -0.3 is 20.5 Å². The molecule has 0 fully saturated rings. The molecule has 2 heterocycles. The van der Waals surface area contributed by atoms with Gasteiger partial charge in [-0.15, -0.1) is 0 Å². The third-order valence-corrected chi connectivity index (χ3v) is 5.15.